The van der Waals surface area contributed by atoms with Gasteiger partial charge in [0.25, 0.3) is 11.8 Å². The van der Waals surface area contributed by atoms with E-state index in [-0.39, 0.29) is 50.8 Å². The number of aliphatic hydroxyl groups is 3. The smallest absolute Gasteiger partial charge is 0.311 e. The van der Waals surface area contributed by atoms with Gasteiger partial charge in [0, 0.05) is 50.3 Å². The van der Waals surface area contributed by atoms with Crippen molar-refractivity contribution in [3.05, 3.63) is 41.5 Å². The number of aryl methyl sites for hydroxylation is 1. The molecular formula is C35H50N2O14. The molecule has 1 aliphatic heterocycles. The predicted molar refractivity (Wildman–Crippen MR) is 178 cm³/mol. The number of carbonyl (C=O) groups excluding carboxylic acids is 4. The van der Waals surface area contributed by atoms with Crippen LogP contribution in [0.25, 0.3) is 0 Å². The Balaban J connectivity index is 1.34. The zero-order valence-electron chi connectivity index (χ0n) is 29.3. The van der Waals surface area contributed by atoms with Gasteiger partial charge in [-0.3, -0.25) is 28.9 Å². The first kappa shape index (κ1) is 41.5. The van der Waals surface area contributed by atoms with E-state index >= 15 is 0 Å². The number of hydrogen-bond acceptors (Lipinski definition) is 13. The molecule has 284 valence electrons. The van der Waals surface area contributed by atoms with Gasteiger partial charge in [0.2, 0.25) is 5.91 Å². The zero-order valence-corrected chi connectivity index (χ0v) is 29.3. The summed E-state index contributed by atoms with van der Waals surface area (Å²) >= 11 is 0. The monoisotopic (exact) mass is 722 g/mol. The highest BCUT2D eigenvalue weighted by molar-refractivity contribution is 6.13. The Morgan fingerprint density at radius 2 is 1.51 bits per heavy atom. The van der Waals surface area contributed by atoms with E-state index in [0.717, 1.165) is 10.5 Å². The fourth-order valence-electron chi connectivity index (χ4n) is 5.20. The largest absolute Gasteiger partial charge is 0.487 e. The van der Waals surface area contributed by atoms with E-state index in [1.54, 1.807) is 32.9 Å². The lowest BCUT2D eigenvalue weighted by molar-refractivity contribution is -0.175. The second-order valence-electron chi connectivity index (χ2n) is 13.3. The third kappa shape index (κ3) is 13.3. The number of carbonyl (C=O) groups is 5. The van der Waals surface area contributed by atoms with Gasteiger partial charge in [0.05, 0.1) is 50.5 Å². The van der Waals surface area contributed by atoms with Crippen LogP contribution in [-0.4, -0.2) is 132 Å². The number of nitrogens with zero attached hydrogens (tertiary/aromatic N) is 1. The summed E-state index contributed by atoms with van der Waals surface area (Å²) in [6.45, 7) is 7.42. The molecule has 0 aromatic heterocycles. The number of carboxylic acid groups (broad SMARTS) is 1. The molecule has 1 aliphatic carbocycles. The lowest BCUT2D eigenvalue weighted by atomic mass is 9.80. The van der Waals surface area contributed by atoms with Gasteiger partial charge in [0.15, 0.2) is 0 Å². The Kier molecular flexibility index (Phi) is 16.4. The molecule has 1 aromatic carbocycles. The number of benzene rings is 1. The predicted octanol–water partition coefficient (Wildman–Crippen LogP) is 0.124. The molecule has 1 heterocycles. The van der Waals surface area contributed by atoms with Crippen LogP contribution in [0.4, 0.5) is 0 Å². The van der Waals surface area contributed by atoms with Crippen LogP contribution < -0.4 is 10.1 Å². The van der Waals surface area contributed by atoms with Gasteiger partial charge in [-0.1, -0.05) is 12.1 Å². The molecule has 16 heteroatoms. The number of rotatable bonds is 21. The minimum absolute atomic E-state index is 0.0145. The molecule has 5 N–H and O–H groups in total. The van der Waals surface area contributed by atoms with Crippen molar-refractivity contribution < 1.29 is 68.1 Å². The Bertz CT molecular complexity index is 1360. The summed E-state index contributed by atoms with van der Waals surface area (Å²) in [6, 6.07) is 5.28. The number of amides is 3. The van der Waals surface area contributed by atoms with Crippen LogP contribution in [0.3, 0.4) is 0 Å². The van der Waals surface area contributed by atoms with Crippen molar-refractivity contribution in [2.45, 2.75) is 77.5 Å². The highest BCUT2D eigenvalue weighted by atomic mass is 16.5. The van der Waals surface area contributed by atoms with Crippen LogP contribution in [0.2, 0.25) is 0 Å². The van der Waals surface area contributed by atoms with Crippen molar-refractivity contribution in [1.29, 1.82) is 0 Å². The lowest BCUT2D eigenvalue weighted by Gasteiger charge is -2.38. The highest BCUT2D eigenvalue weighted by Gasteiger charge is 2.47. The molecule has 1 saturated carbocycles. The fourth-order valence-corrected chi connectivity index (χ4v) is 5.20. The number of esters is 1. The maximum Gasteiger partial charge on any atom is 0.311 e. The van der Waals surface area contributed by atoms with E-state index in [1.165, 1.54) is 12.2 Å². The summed E-state index contributed by atoms with van der Waals surface area (Å²) in [4.78, 5) is 59.9. The molecule has 1 fully saturated rings. The lowest BCUT2D eigenvalue weighted by Crippen LogP contribution is -2.57. The van der Waals surface area contributed by atoms with Crippen molar-refractivity contribution in [1.82, 2.24) is 10.2 Å². The maximum absolute atomic E-state index is 12.4. The first-order valence-electron chi connectivity index (χ1n) is 16.9. The average Bonchev–Trinajstić information content (AvgIpc) is 3.40. The molecule has 0 radical (unpaired) electrons. The molecule has 16 nitrogen and oxygen atoms in total. The fraction of sp³-hybridized carbons (Fsp3) is 0.629. The van der Waals surface area contributed by atoms with Gasteiger partial charge < -0.3 is 49.4 Å². The zero-order chi connectivity index (χ0) is 37.6. The third-order valence-corrected chi connectivity index (χ3v) is 8.21. The number of ether oxygens (including phenoxy) is 5. The maximum atomic E-state index is 12.4. The topological polar surface area (TPSA) is 228 Å². The summed E-state index contributed by atoms with van der Waals surface area (Å²) in [6.07, 6.45) is -2.71. The Morgan fingerprint density at radius 1 is 0.882 bits per heavy atom. The molecule has 1 aromatic rings. The number of aliphatic carboxylic acids is 1. The van der Waals surface area contributed by atoms with Gasteiger partial charge in [-0.25, -0.2) is 0 Å². The van der Waals surface area contributed by atoms with Gasteiger partial charge in [-0.05, 0) is 45.2 Å². The van der Waals surface area contributed by atoms with Crippen LogP contribution in [0.1, 0.15) is 51.2 Å². The Hall–Kier alpha value is -3.93. The molecule has 3 amide bonds. The molecule has 5 atom stereocenters. The van der Waals surface area contributed by atoms with Crippen LogP contribution in [-0.2, 0) is 55.9 Å². The summed E-state index contributed by atoms with van der Waals surface area (Å²) in [5.41, 5.74) is 0.595. The molecule has 51 heavy (non-hydrogen) atoms. The first-order valence-corrected chi connectivity index (χ1v) is 16.9. The van der Waals surface area contributed by atoms with Crippen LogP contribution in [0.5, 0.6) is 5.75 Å². The second kappa shape index (κ2) is 20.2. The summed E-state index contributed by atoms with van der Waals surface area (Å²) in [7, 11) is 0. The minimum atomic E-state index is -1.72. The van der Waals surface area contributed by atoms with Crippen molar-refractivity contribution in [2.75, 3.05) is 52.7 Å². The SMILES string of the molecule is CC(C)(C)C(=O)OCc1ccc(CCCOCCOCCOCCNC(=O)CCN2C(=O)C=CC2=O)cc1O[C@@H]1C[C@H](C(=O)O)[C@@H](O)[C@H](O)[C@H]1O. The van der Waals surface area contributed by atoms with Crippen LogP contribution in [0.15, 0.2) is 30.4 Å². The minimum Gasteiger partial charge on any atom is -0.487 e. The Morgan fingerprint density at radius 3 is 2.14 bits per heavy atom. The van der Waals surface area contributed by atoms with Gasteiger partial charge in [-0.15, -0.1) is 0 Å². The average molecular weight is 723 g/mol. The number of nitrogens with one attached hydrogen (secondary N) is 1. The molecule has 0 spiro atoms. The Labute approximate surface area is 296 Å². The summed E-state index contributed by atoms with van der Waals surface area (Å²) in [5, 5.41) is 43.2. The number of carboxylic acids is 1. The molecule has 0 saturated heterocycles. The van der Waals surface area contributed by atoms with Gasteiger partial charge >= 0.3 is 11.9 Å². The summed E-state index contributed by atoms with van der Waals surface area (Å²) in [5.74, 6) is -3.98. The number of aliphatic hydroxyl groups excluding tert-OH is 3. The van der Waals surface area contributed by atoms with Crippen molar-refractivity contribution in [3.8, 4) is 5.75 Å². The standard InChI is InChI=1S/C35H50N2O14/c1-35(2,3)34(46)50-21-23-7-6-22(19-25(23)51-26-20-24(33(44)45)30(41)32(43)31(26)42)5-4-13-47-15-17-49-18-16-48-14-11-36-27(38)10-12-37-28(39)8-9-29(37)40/h6-9,19,24,26,30-32,41-43H,4-5,10-18,20-21H2,1-3H3,(H,36,38)(H,44,45)/t24-,26+,30+,31-,32-/m0/s1. The van der Waals surface area contributed by atoms with Crippen LogP contribution >= 0.6 is 0 Å². The van der Waals surface area contributed by atoms with E-state index < -0.39 is 59.5 Å². The molecule has 0 unspecified atom stereocenters. The molecular weight excluding hydrogens is 672 g/mol. The van der Waals surface area contributed by atoms with Crippen molar-refractivity contribution in [3.63, 3.8) is 0 Å². The molecule has 2 aliphatic rings. The first-order chi connectivity index (χ1) is 24.2. The van der Waals surface area contributed by atoms with E-state index in [1.807, 2.05) is 6.07 Å². The third-order valence-electron chi connectivity index (χ3n) is 8.21. The van der Waals surface area contributed by atoms with Crippen molar-refractivity contribution >= 4 is 29.7 Å². The van der Waals surface area contributed by atoms with Crippen LogP contribution in [0, 0.1) is 11.3 Å². The van der Waals surface area contributed by atoms with E-state index in [2.05, 4.69) is 5.32 Å². The number of imide groups is 1. The number of hydrogen-bond donors (Lipinski definition) is 5. The molecule has 0 bridgehead atoms. The van der Waals surface area contributed by atoms with Crippen molar-refractivity contribution in [2.24, 2.45) is 11.3 Å². The normalized spacial score (nSPS) is 21.9. The summed E-state index contributed by atoms with van der Waals surface area (Å²) < 4.78 is 28.1. The highest BCUT2D eigenvalue weighted by Crippen LogP contribution is 2.32. The second-order valence-corrected chi connectivity index (χ2v) is 13.3. The quantitative estimate of drug-likeness (QED) is 0.0646. The van der Waals surface area contributed by atoms with E-state index in [9.17, 15) is 44.4 Å². The van der Waals surface area contributed by atoms with Gasteiger partial charge in [0.1, 0.15) is 30.7 Å². The molecule has 3 rings (SSSR count). The van der Waals surface area contributed by atoms with E-state index in [4.69, 9.17) is 23.7 Å². The van der Waals surface area contributed by atoms with Gasteiger partial charge in [-0.2, -0.15) is 0 Å². The van der Waals surface area contributed by atoms with E-state index in [0.29, 0.717) is 51.4 Å².